The van der Waals surface area contributed by atoms with Crippen LogP contribution in [0.5, 0.6) is 0 Å². The summed E-state index contributed by atoms with van der Waals surface area (Å²) < 4.78 is 0. The molecule has 0 unspecified atom stereocenters. The molecule has 4 nitrogen and oxygen atoms in total. The molecule has 2 heterocycles. The van der Waals surface area contributed by atoms with Crippen molar-refractivity contribution in [2.24, 2.45) is 0 Å². The summed E-state index contributed by atoms with van der Waals surface area (Å²) in [5.74, 6) is 1.07. The summed E-state index contributed by atoms with van der Waals surface area (Å²) in [6.07, 6.45) is 1.93. The molecule has 1 aromatic heterocycles. The first-order chi connectivity index (χ1) is 6.77. The lowest BCUT2D eigenvalue weighted by Crippen LogP contribution is -3.12. The zero-order chi connectivity index (χ0) is 9.97. The molecule has 0 amide bonds. The highest BCUT2D eigenvalue weighted by Gasteiger charge is 2.25. The fourth-order valence-electron chi connectivity index (χ4n) is 1.83. The van der Waals surface area contributed by atoms with Crippen LogP contribution in [-0.4, -0.2) is 33.2 Å². The topological polar surface area (TPSA) is 47.8 Å². The molecule has 14 heavy (non-hydrogen) atoms. The molecule has 2 rings (SSSR count). The molecule has 0 atom stereocenters. The fraction of sp³-hybridized carbons (Fsp3) is 0.500. The molecule has 0 spiro atoms. The molecule has 4 N–H and O–H groups in total. The van der Waals surface area contributed by atoms with Crippen LogP contribution in [0.2, 0.25) is 0 Å². The number of aromatic amines is 1. The number of hydrogen-bond donors (Lipinski definition) is 2. The second-order valence-electron chi connectivity index (χ2n) is 3.92. The molecule has 1 aromatic rings. The normalized spacial score (nSPS) is 18.5. The summed E-state index contributed by atoms with van der Waals surface area (Å²) in [5, 5.41) is 0. The third-order valence-electron chi connectivity index (χ3n) is 2.80. The van der Waals surface area contributed by atoms with Gasteiger partial charge in [-0.15, -0.1) is 0 Å². The van der Waals surface area contributed by atoms with Gasteiger partial charge >= 0.3 is 0 Å². The predicted molar refractivity (Wildman–Crippen MR) is 56.2 cm³/mol. The maximum atomic E-state index is 5.91. The van der Waals surface area contributed by atoms with E-state index in [0.717, 1.165) is 24.6 Å². The number of nitrogens with two attached hydrogens (primary N) is 1. The van der Waals surface area contributed by atoms with Crippen molar-refractivity contribution in [2.75, 3.05) is 43.9 Å². The van der Waals surface area contributed by atoms with Crippen LogP contribution in [0.3, 0.4) is 0 Å². The van der Waals surface area contributed by atoms with E-state index in [1.807, 2.05) is 18.3 Å². The number of nitrogen functional groups attached to an aromatic ring is 1. The van der Waals surface area contributed by atoms with Gasteiger partial charge in [0.15, 0.2) is 0 Å². The lowest BCUT2D eigenvalue weighted by Gasteiger charge is -2.25. The first-order valence-electron chi connectivity index (χ1n) is 5.10. The Kier molecular flexibility index (Phi) is 2.54. The lowest BCUT2D eigenvalue weighted by molar-refractivity contribution is -0.880. The predicted octanol–water partition coefficient (Wildman–Crippen LogP) is -1.58. The molecule has 1 saturated heterocycles. The van der Waals surface area contributed by atoms with Crippen molar-refractivity contribution < 1.29 is 9.88 Å². The van der Waals surface area contributed by atoms with Gasteiger partial charge < -0.3 is 10.6 Å². The van der Waals surface area contributed by atoms with Crippen LogP contribution in [0.25, 0.3) is 0 Å². The number of piperazine rings is 1. The number of hydrogen-bond acceptors (Lipinski definition) is 2. The molecule has 1 fully saturated rings. The largest absolute Gasteiger partial charge is 0.392 e. The van der Waals surface area contributed by atoms with E-state index in [9.17, 15) is 0 Å². The van der Waals surface area contributed by atoms with E-state index in [4.69, 9.17) is 5.73 Å². The van der Waals surface area contributed by atoms with E-state index in [-0.39, 0.29) is 0 Å². The lowest BCUT2D eigenvalue weighted by atomic mass is 10.3. The summed E-state index contributed by atoms with van der Waals surface area (Å²) in [6, 6.07) is 3.87. The molecule has 0 aromatic carbocycles. The quantitative estimate of drug-likeness (QED) is 0.567. The van der Waals surface area contributed by atoms with E-state index >= 15 is 0 Å². The number of H-pyrrole nitrogens is 1. The summed E-state index contributed by atoms with van der Waals surface area (Å²) in [5.41, 5.74) is 6.75. The number of nitrogens with one attached hydrogen (secondary N) is 2. The highest BCUT2D eigenvalue weighted by Crippen LogP contribution is 2.14. The summed E-state index contributed by atoms with van der Waals surface area (Å²) >= 11 is 0. The van der Waals surface area contributed by atoms with E-state index < -0.39 is 0 Å². The van der Waals surface area contributed by atoms with Gasteiger partial charge in [-0.3, -0.25) is 0 Å². The minimum absolute atomic E-state index is 0.840. The zero-order valence-electron chi connectivity index (χ0n) is 8.59. The Hall–Kier alpha value is -1.29. The van der Waals surface area contributed by atoms with Crippen LogP contribution >= 0.6 is 0 Å². The number of likely N-dealkylation sites (N-methyl/N-ethyl adjacent to an activating group) is 1. The van der Waals surface area contributed by atoms with Gasteiger partial charge in [0.25, 0.3) is 5.82 Å². The van der Waals surface area contributed by atoms with Crippen LogP contribution in [0.1, 0.15) is 0 Å². The van der Waals surface area contributed by atoms with Crippen molar-refractivity contribution in [1.29, 1.82) is 0 Å². The van der Waals surface area contributed by atoms with Gasteiger partial charge in [-0.2, -0.15) is 0 Å². The first-order valence-corrected chi connectivity index (χ1v) is 5.10. The standard InChI is InChI=1S/C10H16N4/c1-13-5-7-14(8-6-13)10-9(11)3-2-4-12-10/h2-4H,5-8,11H2,1H3/p+2. The molecule has 76 valence electrons. The minimum Gasteiger partial charge on any atom is -0.392 e. The van der Waals surface area contributed by atoms with Crippen molar-refractivity contribution in [3.8, 4) is 0 Å². The Labute approximate surface area is 84.3 Å². The Morgan fingerprint density at radius 1 is 1.43 bits per heavy atom. The summed E-state index contributed by atoms with van der Waals surface area (Å²) in [6.45, 7) is 4.53. The Morgan fingerprint density at radius 2 is 2.14 bits per heavy atom. The van der Waals surface area contributed by atoms with E-state index in [1.54, 1.807) is 4.90 Å². The summed E-state index contributed by atoms with van der Waals surface area (Å²) in [7, 11) is 2.23. The second kappa shape index (κ2) is 3.84. The van der Waals surface area contributed by atoms with Crippen LogP contribution in [0.4, 0.5) is 11.5 Å². The number of rotatable bonds is 1. The second-order valence-corrected chi connectivity index (χ2v) is 3.92. The minimum atomic E-state index is 0.840. The number of pyridine rings is 1. The van der Waals surface area contributed by atoms with Gasteiger partial charge in [-0.1, -0.05) is 0 Å². The molecule has 0 aliphatic carbocycles. The number of aromatic nitrogens is 1. The van der Waals surface area contributed by atoms with E-state index in [1.165, 1.54) is 13.1 Å². The van der Waals surface area contributed by atoms with Gasteiger partial charge in [-0.05, 0) is 12.1 Å². The maximum Gasteiger partial charge on any atom is 0.298 e. The van der Waals surface area contributed by atoms with Crippen molar-refractivity contribution in [2.45, 2.75) is 0 Å². The van der Waals surface area contributed by atoms with Crippen molar-refractivity contribution >= 4 is 11.5 Å². The van der Waals surface area contributed by atoms with Crippen LogP contribution < -0.4 is 20.5 Å². The third-order valence-corrected chi connectivity index (χ3v) is 2.80. The van der Waals surface area contributed by atoms with Crippen LogP contribution in [-0.2, 0) is 0 Å². The zero-order valence-corrected chi connectivity index (χ0v) is 8.59. The van der Waals surface area contributed by atoms with E-state index in [0.29, 0.717) is 0 Å². The number of nitrogens with zero attached hydrogens (tertiary/aromatic N) is 1. The highest BCUT2D eigenvalue weighted by atomic mass is 15.3. The molecule has 4 heteroatoms. The smallest absolute Gasteiger partial charge is 0.298 e. The first kappa shape index (κ1) is 9.27. The monoisotopic (exact) mass is 194 g/mol. The number of anilines is 2. The Morgan fingerprint density at radius 3 is 2.79 bits per heavy atom. The summed E-state index contributed by atoms with van der Waals surface area (Å²) in [4.78, 5) is 7.13. The van der Waals surface area contributed by atoms with Gasteiger partial charge in [0, 0.05) is 0 Å². The molecule has 0 bridgehead atoms. The molecular formula is C10H18N4+2. The maximum absolute atomic E-state index is 5.91. The van der Waals surface area contributed by atoms with E-state index in [2.05, 4.69) is 16.9 Å². The molecule has 0 radical (unpaired) electrons. The van der Waals surface area contributed by atoms with Crippen molar-refractivity contribution in [1.82, 2.24) is 0 Å². The molecule has 0 saturated carbocycles. The van der Waals surface area contributed by atoms with Gasteiger partial charge in [0.2, 0.25) is 0 Å². The SMILES string of the molecule is C[NH+]1CCN(c2[nH+]cccc2N)CC1. The Bertz CT molecular complexity index is 305. The molecular weight excluding hydrogens is 176 g/mol. The average molecular weight is 194 g/mol. The van der Waals surface area contributed by atoms with Crippen LogP contribution in [0.15, 0.2) is 18.3 Å². The van der Waals surface area contributed by atoms with Gasteiger partial charge in [-0.25, -0.2) is 9.88 Å². The third kappa shape index (κ3) is 1.80. The van der Waals surface area contributed by atoms with Gasteiger partial charge in [0.1, 0.15) is 31.9 Å². The van der Waals surface area contributed by atoms with Crippen molar-refractivity contribution in [3.05, 3.63) is 18.3 Å². The average Bonchev–Trinajstić information content (AvgIpc) is 2.20. The Balaban J connectivity index is 2.12. The fourth-order valence-corrected chi connectivity index (χ4v) is 1.83. The molecule has 1 aliphatic heterocycles. The molecule has 1 aliphatic rings. The van der Waals surface area contributed by atoms with Gasteiger partial charge in [0.05, 0.1) is 13.2 Å². The van der Waals surface area contributed by atoms with Crippen LogP contribution in [0, 0.1) is 0 Å². The highest BCUT2D eigenvalue weighted by molar-refractivity contribution is 5.58. The number of quaternary nitrogens is 1. The van der Waals surface area contributed by atoms with Crippen molar-refractivity contribution in [3.63, 3.8) is 0 Å².